The van der Waals surface area contributed by atoms with E-state index in [0.717, 1.165) is 11.3 Å². The molecule has 1 aliphatic rings. The van der Waals surface area contributed by atoms with Crippen LogP contribution in [0.3, 0.4) is 0 Å². The molecule has 35 heavy (non-hydrogen) atoms. The quantitative estimate of drug-likeness (QED) is 0.481. The van der Waals surface area contributed by atoms with Crippen LogP contribution < -0.4 is 16.4 Å². The molecular weight excluding hydrogens is 459 g/mol. The molecule has 4 N–H and O–H groups in total. The Bertz CT molecular complexity index is 920. The average Bonchev–Trinajstić information content (AvgIpc) is 3.16. The van der Waals surface area contributed by atoms with Gasteiger partial charge in [0.2, 0.25) is 11.8 Å². The van der Waals surface area contributed by atoms with Gasteiger partial charge in [0.05, 0.1) is 12.2 Å². The standard InChI is InChI=1S/C24H35FN4O6/c1-5-6-10-18(21(31)29-13-16(25)12-19(29)20(26)30)28-22(32)34-14-15-9-7-8-11-17(15)27-23(33)35-24(2,3)4/h7-9,11,16,18-19H,5-6,10,12-14H2,1-4H3,(H2,26,30)(H,27,33)(H,28,32)/t16-,18?,19-/m0/s1. The molecule has 1 fully saturated rings. The fourth-order valence-electron chi connectivity index (χ4n) is 3.67. The molecule has 1 heterocycles. The third-order valence-corrected chi connectivity index (χ3v) is 5.31. The molecule has 4 amide bonds. The number of anilines is 1. The van der Waals surface area contributed by atoms with E-state index in [1.807, 2.05) is 6.92 Å². The van der Waals surface area contributed by atoms with Crippen molar-refractivity contribution in [3.05, 3.63) is 29.8 Å². The van der Waals surface area contributed by atoms with Gasteiger partial charge in [0, 0.05) is 12.0 Å². The molecular formula is C24H35FN4O6. The number of carbonyl (C=O) groups excluding carboxylic acids is 4. The number of primary amides is 1. The molecule has 194 valence electrons. The zero-order chi connectivity index (χ0) is 26.2. The number of alkyl carbamates (subject to hydrolysis) is 1. The van der Waals surface area contributed by atoms with E-state index in [9.17, 15) is 23.6 Å². The molecule has 10 nitrogen and oxygen atoms in total. The minimum Gasteiger partial charge on any atom is -0.445 e. The number of nitrogens with zero attached hydrogens (tertiary/aromatic N) is 1. The number of benzene rings is 1. The number of nitrogens with one attached hydrogen (secondary N) is 2. The first-order valence-corrected chi connectivity index (χ1v) is 11.7. The van der Waals surface area contributed by atoms with Crippen molar-refractivity contribution in [1.29, 1.82) is 0 Å². The molecule has 1 aromatic rings. The number of carbonyl (C=O) groups is 4. The van der Waals surface area contributed by atoms with Crippen LogP contribution in [0.25, 0.3) is 0 Å². The van der Waals surface area contributed by atoms with Gasteiger partial charge >= 0.3 is 12.2 Å². The fraction of sp³-hybridized carbons (Fsp3) is 0.583. The van der Waals surface area contributed by atoms with Crippen LogP contribution in [0.1, 0.15) is 58.9 Å². The van der Waals surface area contributed by atoms with Crippen molar-refractivity contribution < 1.29 is 33.0 Å². The summed E-state index contributed by atoms with van der Waals surface area (Å²) in [5, 5.41) is 5.15. The number of unbranched alkanes of at least 4 members (excludes halogenated alkanes) is 1. The van der Waals surface area contributed by atoms with E-state index in [1.165, 1.54) is 0 Å². The molecule has 0 saturated carbocycles. The second-order valence-corrected chi connectivity index (χ2v) is 9.44. The summed E-state index contributed by atoms with van der Waals surface area (Å²) in [4.78, 5) is 50.4. The summed E-state index contributed by atoms with van der Waals surface area (Å²) in [6, 6.07) is 4.69. The van der Waals surface area contributed by atoms with Crippen LogP contribution in [-0.2, 0) is 25.7 Å². The number of rotatable bonds is 9. The maximum Gasteiger partial charge on any atom is 0.412 e. The number of ether oxygens (including phenoxy) is 2. The molecule has 1 aromatic carbocycles. The highest BCUT2D eigenvalue weighted by Crippen LogP contribution is 2.22. The highest BCUT2D eigenvalue weighted by molar-refractivity contribution is 5.91. The largest absolute Gasteiger partial charge is 0.445 e. The molecule has 1 saturated heterocycles. The summed E-state index contributed by atoms with van der Waals surface area (Å²) in [5.41, 5.74) is 5.57. The van der Waals surface area contributed by atoms with E-state index in [0.29, 0.717) is 24.1 Å². The zero-order valence-electron chi connectivity index (χ0n) is 20.6. The Kier molecular flexibility index (Phi) is 9.85. The van der Waals surface area contributed by atoms with Gasteiger partial charge in [-0.1, -0.05) is 38.0 Å². The number of nitrogens with two attached hydrogens (primary N) is 1. The van der Waals surface area contributed by atoms with Crippen molar-refractivity contribution in [2.24, 2.45) is 5.73 Å². The SMILES string of the molecule is CCCCC(NC(=O)OCc1ccccc1NC(=O)OC(C)(C)C)C(=O)N1C[C@@H](F)C[C@H]1C(N)=O. The normalized spacial score (nSPS) is 18.5. The molecule has 0 bridgehead atoms. The summed E-state index contributed by atoms with van der Waals surface area (Å²) in [6.07, 6.45) is -1.36. The molecule has 0 spiro atoms. The Morgan fingerprint density at radius 2 is 1.89 bits per heavy atom. The fourth-order valence-corrected chi connectivity index (χ4v) is 3.67. The second-order valence-electron chi connectivity index (χ2n) is 9.44. The average molecular weight is 495 g/mol. The van der Waals surface area contributed by atoms with E-state index < -0.39 is 47.9 Å². The summed E-state index contributed by atoms with van der Waals surface area (Å²) < 4.78 is 24.4. The maximum absolute atomic E-state index is 13.9. The van der Waals surface area contributed by atoms with E-state index >= 15 is 0 Å². The number of hydrogen-bond acceptors (Lipinski definition) is 6. The van der Waals surface area contributed by atoms with Crippen molar-refractivity contribution in [2.45, 2.75) is 83.8 Å². The molecule has 3 atom stereocenters. The van der Waals surface area contributed by atoms with E-state index in [2.05, 4.69) is 10.6 Å². The lowest BCUT2D eigenvalue weighted by atomic mass is 10.1. The zero-order valence-corrected chi connectivity index (χ0v) is 20.6. The van der Waals surface area contributed by atoms with Crippen LogP contribution in [0.5, 0.6) is 0 Å². The van der Waals surface area contributed by atoms with Gasteiger partial charge in [-0.3, -0.25) is 14.9 Å². The Balaban J connectivity index is 2.03. The first-order chi connectivity index (χ1) is 16.4. The number of alkyl halides is 1. The Hall–Kier alpha value is -3.37. The maximum atomic E-state index is 13.9. The number of likely N-dealkylation sites (tertiary alicyclic amines) is 1. The van der Waals surface area contributed by atoms with E-state index in [-0.39, 0.29) is 19.6 Å². The van der Waals surface area contributed by atoms with Crippen molar-refractivity contribution in [3.63, 3.8) is 0 Å². The predicted octanol–water partition coefficient (Wildman–Crippen LogP) is 3.24. The Labute approximate surface area is 204 Å². The molecule has 1 aliphatic heterocycles. The van der Waals surface area contributed by atoms with Crippen molar-refractivity contribution in [3.8, 4) is 0 Å². The third-order valence-electron chi connectivity index (χ3n) is 5.31. The van der Waals surface area contributed by atoms with Crippen molar-refractivity contribution in [2.75, 3.05) is 11.9 Å². The first kappa shape index (κ1) is 27.9. The Morgan fingerprint density at radius 3 is 2.51 bits per heavy atom. The second kappa shape index (κ2) is 12.4. The van der Waals surface area contributed by atoms with Crippen LogP contribution in [0.4, 0.5) is 19.7 Å². The monoisotopic (exact) mass is 494 g/mol. The van der Waals surface area contributed by atoms with Crippen LogP contribution in [0.15, 0.2) is 24.3 Å². The lowest BCUT2D eigenvalue weighted by Gasteiger charge is -2.27. The smallest absolute Gasteiger partial charge is 0.412 e. The van der Waals surface area contributed by atoms with Crippen LogP contribution in [0.2, 0.25) is 0 Å². The number of amides is 4. The molecule has 0 radical (unpaired) electrons. The summed E-state index contributed by atoms with van der Waals surface area (Å²) in [7, 11) is 0. The van der Waals surface area contributed by atoms with E-state index in [4.69, 9.17) is 15.2 Å². The van der Waals surface area contributed by atoms with Gasteiger partial charge in [0.25, 0.3) is 0 Å². The van der Waals surface area contributed by atoms with Crippen LogP contribution in [0, 0.1) is 0 Å². The van der Waals surface area contributed by atoms with Crippen LogP contribution in [-0.4, -0.2) is 59.3 Å². The molecule has 0 aliphatic carbocycles. The van der Waals surface area contributed by atoms with Gasteiger partial charge in [-0.15, -0.1) is 0 Å². The summed E-state index contributed by atoms with van der Waals surface area (Å²) >= 11 is 0. The number of halogens is 1. The predicted molar refractivity (Wildman–Crippen MR) is 127 cm³/mol. The highest BCUT2D eigenvalue weighted by atomic mass is 19.1. The third kappa shape index (κ3) is 8.73. The highest BCUT2D eigenvalue weighted by Gasteiger charge is 2.41. The van der Waals surface area contributed by atoms with Gasteiger partial charge in [-0.05, 0) is 33.3 Å². The lowest BCUT2D eigenvalue weighted by molar-refractivity contribution is -0.139. The lowest BCUT2D eigenvalue weighted by Crippen LogP contribution is -2.53. The van der Waals surface area contributed by atoms with Gasteiger partial charge in [-0.25, -0.2) is 14.0 Å². The van der Waals surface area contributed by atoms with Gasteiger partial charge in [0.15, 0.2) is 0 Å². The van der Waals surface area contributed by atoms with Crippen molar-refractivity contribution in [1.82, 2.24) is 10.2 Å². The van der Waals surface area contributed by atoms with Gasteiger partial charge < -0.3 is 25.4 Å². The summed E-state index contributed by atoms with van der Waals surface area (Å²) in [6.45, 7) is 6.70. The van der Waals surface area contributed by atoms with Crippen molar-refractivity contribution >= 4 is 29.7 Å². The first-order valence-electron chi connectivity index (χ1n) is 11.7. The molecule has 2 rings (SSSR count). The minimum absolute atomic E-state index is 0.159. The number of para-hydroxylation sites is 1. The van der Waals surface area contributed by atoms with Gasteiger partial charge in [-0.2, -0.15) is 0 Å². The summed E-state index contributed by atoms with van der Waals surface area (Å²) in [5.74, 6) is -1.37. The molecule has 0 aromatic heterocycles. The van der Waals surface area contributed by atoms with Crippen LogP contribution >= 0.6 is 0 Å². The number of hydrogen-bond donors (Lipinski definition) is 3. The van der Waals surface area contributed by atoms with E-state index in [1.54, 1.807) is 45.0 Å². The minimum atomic E-state index is -1.36. The molecule has 1 unspecified atom stereocenters. The molecule has 11 heteroatoms. The topological polar surface area (TPSA) is 140 Å². The van der Waals surface area contributed by atoms with Gasteiger partial charge in [0.1, 0.15) is 30.5 Å². The Morgan fingerprint density at radius 1 is 1.20 bits per heavy atom.